The molecule has 0 saturated heterocycles. The highest BCUT2D eigenvalue weighted by molar-refractivity contribution is 9.10. The van der Waals surface area contributed by atoms with E-state index in [1.165, 1.54) is 14.0 Å². The highest BCUT2D eigenvalue weighted by Crippen LogP contribution is 2.72. The van der Waals surface area contributed by atoms with Crippen molar-refractivity contribution in [3.63, 3.8) is 0 Å². The summed E-state index contributed by atoms with van der Waals surface area (Å²) >= 11 is 3.45. The van der Waals surface area contributed by atoms with Crippen LogP contribution in [0.2, 0.25) is 0 Å². The topological polar surface area (TPSA) is 61.8 Å². The zero-order valence-corrected chi connectivity index (χ0v) is 18.8. The first-order valence-corrected chi connectivity index (χ1v) is 10.6. The molecule has 2 aromatic rings. The van der Waals surface area contributed by atoms with Crippen LogP contribution in [0, 0.1) is 5.41 Å². The van der Waals surface area contributed by atoms with Gasteiger partial charge in [-0.15, -0.1) is 0 Å². The quantitative estimate of drug-likeness (QED) is 0.394. The molecule has 1 saturated carbocycles. The van der Waals surface area contributed by atoms with Crippen molar-refractivity contribution in [3.8, 4) is 0 Å². The number of halogens is 1. The number of ether oxygens (including phenoxy) is 3. The molecule has 0 amide bonds. The second kappa shape index (κ2) is 9.04. The number of hydrogen-bond acceptors (Lipinski definition) is 5. The number of benzene rings is 2. The molecule has 0 aromatic heterocycles. The fourth-order valence-corrected chi connectivity index (χ4v) is 4.45. The average molecular weight is 473 g/mol. The molecule has 0 radical (unpaired) electrons. The Bertz CT molecular complexity index is 924. The third-order valence-electron chi connectivity index (χ3n) is 5.58. The van der Waals surface area contributed by atoms with E-state index < -0.39 is 22.9 Å². The maximum absolute atomic E-state index is 13.2. The third-order valence-corrected chi connectivity index (χ3v) is 6.11. The van der Waals surface area contributed by atoms with E-state index in [9.17, 15) is 9.59 Å². The molecule has 0 aliphatic heterocycles. The Hall–Kier alpha value is -2.60. The molecule has 1 fully saturated rings. The lowest BCUT2D eigenvalue weighted by molar-refractivity contribution is -0.154. The Kier molecular flexibility index (Phi) is 6.66. The summed E-state index contributed by atoms with van der Waals surface area (Å²) in [7, 11) is 1.38. The van der Waals surface area contributed by atoms with Crippen LogP contribution in [0.25, 0.3) is 0 Å². The Morgan fingerprint density at radius 3 is 2.37 bits per heavy atom. The number of hydrogen-bond donors (Lipinski definition) is 0. The molecule has 30 heavy (non-hydrogen) atoms. The number of methoxy groups -OCH3 is 1. The van der Waals surface area contributed by atoms with E-state index in [2.05, 4.69) is 15.9 Å². The SMILES string of the molecule is CCO/C=C/[C@@]1([C@@H](OC(C)=O)c2ccccc2)C[C@@]1(C(=O)OC)c1ccc(Br)cc1. The van der Waals surface area contributed by atoms with Gasteiger partial charge in [0.15, 0.2) is 0 Å². The Balaban J connectivity index is 2.21. The summed E-state index contributed by atoms with van der Waals surface area (Å²) in [5, 5.41) is 0. The summed E-state index contributed by atoms with van der Waals surface area (Å²) in [6.45, 7) is 3.74. The molecule has 3 rings (SSSR count). The minimum Gasteiger partial charge on any atom is -0.502 e. The van der Waals surface area contributed by atoms with Crippen molar-refractivity contribution in [2.75, 3.05) is 13.7 Å². The van der Waals surface area contributed by atoms with Gasteiger partial charge < -0.3 is 14.2 Å². The molecular weight excluding hydrogens is 448 g/mol. The second-order valence-corrected chi connectivity index (χ2v) is 8.19. The van der Waals surface area contributed by atoms with Crippen molar-refractivity contribution in [3.05, 3.63) is 82.5 Å². The number of rotatable bonds is 8. The van der Waals surface area contributed by atoms with Crippen molar-refractivity contribution in [1.82, 2.24) is 0 Å². The molecule has 2 aromatic carbocycles. The second-order valence-electron chi connectivity index (χ2n) is 7.28. The highest BCUT2D eigenvalue weighted by Gasteiger charge is 2.76. The third kappa shape index (κ3) is 3.88. The number of carbonyl (C=O) groups is 2. The summed E-state index contributed by atoms with van der Waals surface area (Å²) < 4.78 is 17.5. The fraction of sp³-hybridized carbons (Fsp3) is 0.333. The Labute approximate surface area is 185 Å². The molecular formula is C24H25BrO5. The van der Waals surface area contributed by atoms with Crippen LogP contribution in [0.4, 0.5) is 0 Å². The Morgan fingerprint density at radius 2 is 1.80 bits per heavy atom. The van der Waals surface area contributed by atoms with Crippen LogP contribution in [0.3, 0.4) is 0 Å². The van der Waals surface area contributed by atoms with E-state index in [-0.39, 0.29) is 5.97 Å². The zero-order valence-electron chi connectivity index (χ0n) is 17.3. The normalized spacial score (nSPS) is 23.6. The van der Waals surface area contributed by atoms with Gasteiger partial charge in [0.1, 0.15) is 11.5 Å². The number of esters is 2. The fourth-order valence-electron chi connectivity index (χ4n) is 4.19. The molecule has 0 bridgehead atoms. The first-order chi connectivity index (χ1) is 14.4. The summed E-state index contributed by atoms with van der Waals surface area (Å²) in [4.78, 5) is 25.3. The average Bonchev–Trinajstić information content (AvgIpc) is 3.43. The molecule has 0 unspecified atom stereocenters. The maximum Gasteiger partial charge on any atom is 0.317 e. The largest absolute Gasteiger partial charge is 0.502 e. The molecule has 6 heteroatoms. The van der Waals surface area contributed by atoms with E-state index in [0.717, 1.165) is 15.6 Å². The van der Waals surface area contributed by atoms with Crippen LogP contribution in [0.15, 0.2) is 71.4 Å². The standard InChI is InChI=1S/C24H25BrO5/c1-4-29-15-14-23(21(30-17(2)26)18-8-6-5-7-9-18)16-24(23,22(27)28-3)19-10-12-20(25)13-11-19/h5-15,21H,4,16H2,1-3H3/b15-14+/t21-,23-,24-/m0/s1. The van der Waals surface area contributed by atoms with Crippen molar-refractivity contribution in [2.45, 2.75) is 31.8 Å². The van der Waals surface area contributed by atoms with E-state index in [0.29, 0.717) is 13.0 Å². The van der Waals surface area contributed by atoms with Crippen molar-refractivity contribution >= 4 is 27.9 Å². The van der Waals surface area contributed by atoms with Crippen LogP contribution < -0.4 is 0 Å². The molecule has 3 atom stereocenters. The van der Waals surface area contributed by atoms with Crippen LogP contribution >= 0.6 is 15.9 Å². The van der Waals surface area contributed by atoms with Gasteiger partial charge in [0.25, 0.3) is 0 Å². The van der Waals surface area contributed by atoms with Gasteiger partial charge in [-0.3, -0.25) is 9.59 Å². The molecule has 5 nitrogen and oxygen atoms in total. The molecule has 0 heterocycles. The predicted molar refractivity (Wildman–Crippen MR) is 117 cm³/mol. The van der Waals surface area contributed by atoms with Gasteiger partial charge in [-0.1, -0.05) is 58.4 Å². The summed E-state index contributed by atoms with van der Waals surface area (Å²) in [5.74, 6) is -0.798. The smallest absolute Gasteiger partial charge is 0.317 e. The minimum atomic E-state index is -1.01. The zero-order chi connectivity index (χ0) is 21.8. The van der Waals surface area contributed by atoms with E-state index >= 15 is 0 Å². The van der Waals surface area contributed by atoms with Crippen molar-refractivity contribution < 1.29 is 23.8 Å². The highest BCUT2D eigenvalue weighted by atomic mass is 79.9. The van der Waals surface area contributed by atoms with Gasteiger partial charge in [0.2, 0.25) is 0 Å². The van der Waals surface area contributed by atoms with Gasteiger partial charge in [0.05, 0.1) is 25.4 Å². The van der Waals surface area contributed by atoms with Crippen LogP contribution in [0.5, 0.6) is 0 Å². The summed E-state index contributed by atoms with van der Waals surface area (Å²) in [6.07, 6.45) is 3.17. The van der Waals surface area contributed by atoms with Crippen LogP contribution in [0.1, 0.15) is 37.5 Å². The van der Waals surface area contributed by atoms with Crippen molar-refractivity contribution in [2.24, 2.45) is 5.41 Å². The molecule has 158 valence electrons. The van der Waals surface area contributed by atoms with Gasteiger partial charge in [-0.2, -0.15) is 0 Å². The number of carbonyl (C=O) groups excluding carboxylic acids is 2. The lowest BCUT2D eigenvalue weighted by atomic mass is 9.80. The first-order valence-electron chi connectivity index (χ1n) is 9.77. The lowest BCUT2D eigenvalue weighted by Crippen LogP contribution is -2.33. The van der Waals surface area contributed by atoms with Gasteiger partial charge >= 0.3 is 11.9 Å². The van der Waals surface area contributed by atoms with Crippen LogP contribution in [-0.4, -0.2) is 25.7 Å². The summed E-state index contributed by atoms with van der Waals surface area (Å²) in [5.41, 5.74) is -0.259. The minimum absolute atomic E-state index is 0.376. The van der Waals surface area contributed by atoms with E-state index in [4.69, 9.17) is 14.2 Å². The lowest BCUT2D eigenvalue weighted by Gasteiger charge is -2.30. The molecule has 0 spiro atoms. The first kappa shape index (κ1) is 22.1. The summed E-state index contributed by atoms with van der Waals surface area (Å²) in [6, 6.07) is 17.0. The Morgan fingerprint density at radius 1 is 1.13 bits per heavy atom. The van der Waals surface area contributed by atoms with Crippen LogP contribution in [-0.2, 0) is 29.2 Å². The maximum atomic E-state index is 13.2. The molecule has 0 N–H and O–H groups in total. The monoisotopic (exact) mass is 472 g/mol. The van der Waals surface area contributed by atoms with Gasteiger partial charge in [-0.05, 0) is 42.7 Å². The van der Waals surface area contributed by atoms with Crippen molar-refractivity contribution in [1.29, 1.82) is 0 Å². The molecule has 1 aliphatic carbocycles. The van der Waals surface area contributed by atoms with E-state index in [1.54, 1.807) is 6.26 Å². The van der Waals surface area contributed by atoms with Gasteiger partial charge in [-0.25, -0.2) is 0 Å². The van der Waals surface area contributed by atoms with E-state index in [1.807, 2.05) is 67.6 Å². The molecule has 1 aliphatic rings. The van der Waals surface area contributed by atoms with Gasteiger partial charge in [0, 0.05) is 11.4 Å². The predicted octanol–water partition coefficient (Wildman–Crippen LogP) is 5.10.